The Morgan fingerprint density at radius 1 is 1.08 bits per heavy atom. The summed E-state index contributed by atoms with van der Waals surface area (Å²) in [4.78, 5) is 13.2. The zero-order valence-electron chi connectivity index (χ0n) is 20.8. The molecule has 0 aliphatic carbocycles. The maximum Gasteiger partial charge on any atom is 0.248 e. The highest BCUT2D eigenvalue weighted by atomic mass is 35.5. The molecule has 0 spiro atoms. The number of halogens is 2. The minimum Gasteiger partial charge on any atom is -0.422 e. The van der Waals surface area contributed by atoms with E-state index >= 15 is 0 Å². The number of anilines is 2. The van der Waals surface area contributed by atoms with Crippen LogP contribution in [0.5, 0.6) is 0 Å². The molecular formula is C24H25ClFN7O4. The quantitative estimate of drug-likeness (QED) is 0.393. The average molecular weight is 530 g/mol. The van der Waals surface area contributed by atoms with Gasteiger partial charge in [-0.2, -0.15) is 0 Å². The lowest BCUT2D eigenvalue weighted by Crippen LogP contribution is -2.27. The van der Waals surface area contributed by atoms with Crippen LogP contribution in [0.3, 0.4) is 0 Å². The van der Waals surface area contributed by atoms with Crippen LogP contribution >= 0.6 is 11.6 Å². The summed E-state index contributed by atoms with van der Waals surface area (Å²) in [6, 6.07) is 4.33. The first-order valence-corrected chi connectivity index (χ1v) is 12.1. The van der Waals surface area contributed by atoms with Gasteiger partial charge in [0.05, 0.1) is 12.0 Å². The van der Waals surface area contributed by atoms with Crippen molar-refractivity contribution < 1.29 is 23.0 Å². The van der Waals surface area contributed by atoms with Crippen molar-refractivity contribution in [1.82, 2.24) is 29.7 Å². The van der Waals surface area contributed by atoms with Crippen molar-refractivity contribution in [2.24, 2.45) is 0 Å². The summed E-state index contributed by atoms with van der Waals surface area (Å²) in [5.74, 6) is -0.242. The van der Waals surface area contributed by atoms with Gasteiger partial charge in [0.25, 0.3) is 0 Å². The Kier molecular flexibility index (Phi) is 5.50. The highest BCUT2D eigenvalue weighted by molar-refractivity contribution is 6.30. The van der Waals surface area contributed by atoms with Gasteiger partial charge < -0.3 is 23.9 Å². The monoisotopic (exact) mass is 529 g/mol. The molecule has 37 heavy (non-hydrogen) atoms. The molecule has 0 saturated carbocycles. The Balaban J connectivity index is 1.36. The first-order valence-electron chi connectivity index (χ1n) is 11.7. The Labute approximate surface area is 216 Å². The molecule has 5 heterocycles. The van der Waals surface area contributed by atoms with Gasteiger partial charge in [-0.05, 0) is 32.0 Å². The van der Waals surface area contributed by atoms with Crippen molar-refractivity contribution in [2.75, 3.05) is 5.32 Å². The molecule has 13 heteroatoms. The molecule has 2 saturated heterocycles. The number of fused-ring (bicyclic) bond motifs is 2. The van der Waals surface area contributed by atoms with Crippen LogP contribution in [-0.4, -0.2) is 47.7 Å². The molecule has 2 aliphatic heterocycles. The lowest BCUT2D eigenvalue weighted by molar-refractivity contribution is -0.199. The predicted molar refractivity (Wildman–Crippen MR) is 130 cm³/mol. The number of imidazole rings is 1. The van der Waals surface area contributed by atoms with Gasteiger partial charge in [-0.1, -0.05) is 32.4 Å². The van der Waals surface area contributed by atoms with Gasteiger partial charge in [-0.25, -0.2) is 19.3 Å². The number of rotatable bonds is 4. The predicted octanol–water partition coefficient (Wildman–Crippen LogP) is 4.83. The fourth-order valence-corrected chi connectivity index (χ4v) is 4.66. The van der Waals surface area contributed by atoms with Crippen molar-refractivity contribution in [3.63, 3.8) is 0 Å². The van der Waals surface area contributed by atoms with E-state index in [2.05, 4.69) is 30.5 Å². The Bertz CT molecular complexity index is 1480. The first-order chi connectivity index (χ1) is 17.5. The summed E-state index contributed by atoms with van der Waals surface area (Å²) < 4.78 is 40.9. The second-order valence-corrected chi connectivity index (χ2v) is 10.9. The topological polar surface area (TPSA) is 122 Å². The molecule has 2 aliphatic rings. The molecule has 4 atom stereocenters. The molecule has 0 amide bonds. The van der Waals surface area contributed by atoms with Gasteiger partial charge in [0, 0.05) is 10.4 Å². The zero-order valence-corrected chi connectivity index (χ0v) is 21.5. The third kappa shape index (κ3) is 4.23. The molecular weight excluding hydrogens is 505 g/mol. The van der Waals surface area contributed by atoms with Gasteiger partial charge in [0.15, 0.2) is 35.1 Å². The van der Waals surface area contributed by atoms with Crippen LogP contribution in [0.25, 0.3) is 11.2 Å². The summed E-state index contributed by atoms with van der Waals surface area (Å²) in [6.07, 6.45) is 0.595. The fraction of sp³-hybridized carbons (Fsp3) is 0.458. The molecule has 194 valence electrons. The molecule has 4 unspecified atom stereocenters. The normalized spacial score (nSPS) is 25.1. The maximum absolute atomic E-state index is 14.4. The molecule has 1 N–H and O–H groups in total. The SMILES string of the molecule is CC1(C)OC2C(c3nnc(C(C)(C)C)o3)OC(n3cnc4c(Nc5ccc(Cl)cc5F)ncnc43)C2O1. The number of nitrogens with one attached hydrogen (secondary N) is 1. The van der Waals surface area contributed by atoms with Gasteiger partial charge >= 0.3 is 0 Å². The number of nitrogens with zero attached hydrogens (tertiary/aromatic N) is 6. The smallest absolute Gasteiger partial charge is 0.248 e. The van der Waals surface area contributed by atoms with E-state index in [0.29, 0.717) is 33.8 Å². The number of aromatic nitrogens is 6. The molecule has 11 nitrogen and oxygen atoms in total. The number of benzene rings is 1. The van der Waals surface area contributed by atoms with Crippen molar-refractivity contribution in [2.45, 2.75) is 70.4 Å². The van der Waals surface area contributed by atoms with Crippen molar-refractivity contribution in [1.29, 1.82) is 0 Å². The van der Waals surface area contributed by atoms with E-state index in [1.54, 1.807) is 17.0 Å². The largest absolute Gasteiger partial charge is 0.422 e. The molecule has 3 aromatic heterocycles. The lowest BCUT2D eigenvalue weighted by atomic mass is 9.97. The van der Waals surface area contributed by atoms with Gasteiger partial charge in [0.1, 0.15) is 24.4 Å². The van der Waals surface area contributed by atoms with Crippen LogP contribution in [0.2, 0.25) is 5.02 Å². The fourth-order valence-electron chi connectivity index (χ4n) is 4.50. The molecule has 0 bridgehead atoms. The summed E-state index contributed by atoms with van der Waals surface area (Å²) in [5.41, 5.74) is 0.771. The molecule has 0 radical (unpaired) electrons. The summed E-state index contributed by atoms with van der Waals surface area (Å²) in [5, 5.41) is 11.7. The first kappa shape index (κ1) is 24.2. The van der Waals surface area contributed by atoms with E-state index in [4.69, 9.17) is 30.2 Å². The van der Waals surface area contributed by atoms with Crippen LogP contribution in [0, 0.1) is 5.82 Å². The van der Waals surface area contributed by atoms with E-state index in [1.165, 1.54) is 18.5 Å². The maximum atomic E-state index is 14.4. The Hall–Kier alpha value is -3.19. The third-order valence-corrected chi connectivity index (χ3v) is 6.41. The third-order valence-electron chi connectivity index (χ3n) is 6.17. The van der Waals surface area contributed by atoms with Crippen molar-refractivity contribution in [3.8, 4) is 0 Å². The van der Waals surface area contributed by atoms with E-state index in [1.807, 2.05) is 34.6 Å². The molecule has 2 fully saturated rings. The van der Waals surface area contributed by atoms with E-state index < -0.39 is 36.1 Å². The Morgan fingerprint density at radius 3 is 2.59 bits per heavy atom. The molecule has 4 aromatic rings. The van der Waals surface area contributed by atoms with Gasteiger partial charge in [-0.3, -0.25) is 4.57 Å². The lowest BCUT2D eigenvalue weighted by Gasteiger charge is -2.24. The van der Waals surface area contributed by atoms with E-state index in [0.717, 1.165) is 0 Å². The van der Waals surface area contributed by atoms with Crippen LogP contribution in [0.4, 0.5) is 15.9 Å². The van der Waals surface area contributed by atoms with Crippen LogP contribution < -0.4 is 5.32 Å². The summed E-state index contributed by atoms with van der Waals surface area (Å²) in [7, 11) is 0. The average Bonchev–Trinajstić information content (AvgIpc) is 3.57. The second-order valence-electron chi connectivity index (χ2n) is 10.5. The molecule has 6 rings (SSSR count). The number of hydrogen-bond donors (Lipinski definition) is 1. The van der Waals surface area contributed by atoms with Crippen molar-refractivity contribution in [3.05, 3.63) is 53.5 Å². The minimum absolute atomic E-state index is 0.205. The van der Waals surface area contributed by atoms with Crippen LogP contribution in [0.15, 0.2) is 35.3 Å². The highest BCUT2D eigenvalue weighted by Gasteiger charge is 2.58. The highest BCUT2D eigenvalue weighted by Crippen LogP contribution is 2.49. The Morgan fingerprint density at radius 2 is 1.86 bits per heavy atom. The standard InChI is InChI=1S/C24H25ClFN7O4/c1-23(2,3)22-32-31-20(35-22)16-15-17(37-24(4,5)36-15)21(34-16)33-10-29-14-18(27-9-28-19(14)33)30-13-7-6-11(25)8-12(13)26/h6-10,15-17,21H,1-5H3,(H,27,28,30). The summed E-state index contributed by atoms with van der Waals surface area (Å²) >= 11 is 5.87. The van der Waals surface area contributed by atoms with Crippen LogP contribution in [-0.2, 0) is 19.6 Å². The minimum atomic E-state index is -0.854. The second kappa shape index (κ2) is 8.42. The zero-order chi connectivity index (χ0) is 26.1. The van der Waals surface area contributed by atoms with E-state index in [-0.39, 0.29) is 11.1 Å². The molecule has 1 aromatic carbocycles. The number of hydrogen-bond acceptors (Lipinski definition) is 10. The van der Waals surface area contributed by atoms with Gasteiger partial charge in [-0.15, -0.1) is 10.2 Å². The summed E-state index contributed by atoms with van der Waals surface area (Å²) in [6.45, 7) is 9.64. The van der Waals surface area contributed by atoms with Crippen LogP contribution in [0.1, 0.15) is 58.7 Å². The number of ether oxygens (including phenoxy) is 3. The van der Waals surface area contributed by atoms with Gasteiger partial charge in [0.2, 0.25) is 11.8 Å². The van der Waals surface area contributed by atoms with Crippen molar-refractivity contribution >= 4 is 34.3 Å². The van der Waals surface area contributed by atoms with E-state index in [9.17, 15) is 4.39 Å².